The Morgan fingerprint density at radius 1 is 0.706 bits per heavy atom. The van der Waals surface area contributed by atoms with Crippen LogP contribution in [0.1, 0.15) is 29.1 Å². The zero-order chi connectivity index (χ0) is 25.3. The van der Waals surface area contributed by atoms with Gasteiger partial charge < -0.3 is 9.97 Å². The second-order valence-corrected chi connectivity index (χ2v) is 8.30. The van der Waals surface area contributed by atoms with Crippen molar-refractivity contribution in [3.63, 3.8) is 0 Å². The molecule has 0 N–H and O–H groups in total. The Kier molecular flexibility index (Phi) is 6.04. The first-order chi connectivity index (χ1) is 17.3. The molecule has 0 spiro atoms. The van der Waals surface area contributed by atoms with Gasteiger partial charge in [-0.1, -0.05) is 67.9 Å². The molecule has 0 amide bonds. The molecule has 0 fully saturated rings. The normalized spacial score (nSPS) is 13.6. The maximum absolute atomic E-state index is 7.86. The second-order valence-electron chi connectivity index (χ2n) is 8.30. The molecule has 5 aromatic rings. The number of hydrogen-bond acceptors (Lipinski definition) is 2. The largest absolute Gasteiger partial charge is 0.305 e. The van der Waals surface area contributed by atoms with Crippen LogP contribution in [0.25, 0.3) is 33.6 Å². The molecule has 1 aliphatic carbocycles. The van der Waals surface area contributed by atoms with Crippen molar-refractivity contribution >= 4 is 0 Å². The third-order valence-electron chi connectivity index (χ3n) is 5.90. The monoisotopic (exact) mass is 620 g/mol. The minimum Gasteiger partial charge on any atom is -0.305 e. The molecule has 1 radical (unpaired) electrons. The van der Waals surface area contributed by atoms with Crippen molar-refractivity contribution in [1.29, 1.82) is 0 Å². The number of benzene rings is 3. The molecule has 0 saturated heterocycles. The van der Waals surface area contributed by atoms with Crippen molar-refractivity contribution in [1.82, 2.24) is 9.97 Å². The predicted molar refractivity (Wildman–Crippen MR) is 135 cm³/mol. The minimum atomic E-state index is -0.0846. The Labute approximate surface area is 219 Å². The van der Waals surface area contributed by atoms with E-state index in [1.54, 1.807) is 48.8 Å². The van der Waals surface area contributed by atoms with Gasteiger partial charge in [-0.3, -0.25) is 0 Å². The van der Waals surface area contributed by atoms with E-state index in [1.807, 2.05) is 12.1 Å². The van der Waals surface area contributed by atoms with Crippen molar-refractivity contribution in [2.75, 3.05) is 0 Å². The van der Waals surface area contributed by atoms with Gasteiger partial charge in [-0.05, 0) is 40.1 Å². The Bertz CT molecular complexity index is 1520. The topological polar surface area (TPSA) is 25.8 Å². The number of fused-ring (bicyclic) bond motifs is 3. The zero-order valence-corrected chi connectivity index (χ0v) is 21.3. The van der Waals surface area contributed by atoms with Crippen LogP contribution < -0.4 is 0 Å². The van der Waals surface area contributed by atoms with Gasteiger partial charge in [0.2, 0.25) is 0 Å². The third kappa shape index (κ3) is 4.50. The number of aromatic nitrogens is 2. The Balaban J connectivity index is 0.000000186. The molecule has 0 unspecified atom stereocenters. The van der Waals surface area contributed by atoms with Crippen molar-refractivity contribution in [2.45, 2.75) is 19.3 Å². The van der Waals surface area contributed by atoms with Gasteiger partial charge in [-0.25, -0.2) is 0 Å². The van der Waals surface area contributed by atoms with Crippen LogP contribution in [0, 0.1) is 12.1 Å². The molecule has 2 nitrogen and oxygen atoms in total. The average Bonchev–Trinajstić information content (AvgIpc) is 3.12. The van der Waals surface area contributed by atoms with Gasteiger partial charge in [-0.15, -0.1) is 65.2 Å². The quantitative estimate of drug-likeness (QED) is 0.193. The zero-order valence-electron chi connectivity index (χ0n) is 21.9. The minimum absolute atomic E-state index is 0. The molecule has 0 bridgehead atoms. The average molecular weight is 620 g/mol. The standard InChI is InChI=1S/C20H16N.C11H8N.Ir/c1-20(2)17-11-4-3-8-14(17)15-9-7-10-16(19(15)20)18-12-5-6-13-21-18;1-2-6-10(7-3-1)11-8-4-5-9-12-11;/h3-9,11-13H,1-2H3;1-6,8-9H;/q2*-1;/i5D;2D,4D;. The van der Waals surface area contributed by atoms with E-state index in [2.05, 4.69) is 66.3 Å². The first-order valence-electron chi connectivity index (χ1n) is 12.3. The Morgan fingerprint density at radius 2 is 1.41 bits per heavy atom. The molecule has 0 saturated carbocycles. The molecule has 3 heteroatoms. The molecule has 2 aromatic heterocycles. The van der Waals surface area contributed by atoms with Gasteiger partial charge >= 0.3 is 0 Å². The molecule has 0 aliphatic heterocycles. The summed E-state index contributed by atoms with van der Waals surface area (Å²) in [5.74, 6) is 0. The smallest absolute Gasteiger partial charge is 0.0616 e. The number of rotatable bonds is 2. The predicted octanol–water partition coefficient (Wildman–Crippen LogP) is 7.40. The maximum atomic E-state index is 7.86. The number of pyridine rings is 2. The van der Waals surface area contributed by atoms with E-state index in [1.165, 1.54) is 22.3 Å². The maximum Gasteiger partial charge on any atom is 0.0616 e. The summed E-state index contributed by atoms with van der Waals surface area (Å²) < 4.78 is 22.7. The summed E-state index contributed by atoms with van der Waals surface area (Å²) in [6.07, 6.45) is 3.28. The Hall–Kier alpha value is -3.39. The van der Waals surface area contributed by atoms with Crippen LogP contribution in [-0.4, -0.2) is 9.97 Å². The van der Waals surface area contributed by atoms with Crippen LogP contribution in [0.4, 0.5) is 0 Å². The number of nitrogens with zero attached hydrogens (tertiary/aromatic N) is 2. The van der Waals surface area contributed by atoms with E-state index in [9.17, 15) is 0 Å². The van der Waals surface area contributed by atoms with Crippen molar-refractivity contribution in [3.05, 3.63) is 133 Å². The molecule has 1 aliphatic rings. The molecule has 2 heterocycles. The SMILES string of the molecule is [2H]c1cc[c-]c(-c2cc([2H])ccn2)c1.[2H]c1ccnc(-c2[c-]ccc3c2C(C)(C)c2ccccc2-3)c1.[Ir]. The molecule has 0 atom stereocenters. The van der Waals surface area contributed by atoms with Crippen molar-refractivity contribution < 1.29 is 24.2 Å². The van der Waals surface area contributed by atoms with E-state index < -0.39 is 0 Å². The number of hydrogen-bond donors (Lipinski definition) is 0. The molecule has 169 valence electrons. The van der Waals surface area contributed by atoms with Crippen LogP contribution in [0.5, 0.6) is 0 Å². The third-order valence-corrected chi connectivity index (χ3v) is 5.90. The van der Waals surface area contributed by atoms with Gasteiger partial charge in [0.05, 0.1) is 2.74 Å². The molecule has 6 rings (SSSR count). The van der Waals surface area contributed by atoms with Crippen molar-refractivity contribution in [3.8, 4) is 33.6 Å². The van der Waals surface area contributed by atoms with Gasteiger partial charge in [0.25, 0.3) is 0 Å². The fourth-order valence-corrected chi connectivity index (χ4v) is 4.41. The van der Waals surface area contributed by atoms with Crippen LogP contribution in [0.2, 0.25) is 0 Å². The van der Waals surface area contributed by atoms with Gasteiger partial charge in [0.15, 0.2) is 0 Å². The van der Waals surface area contributed by atoms with Crippen LogP contribution in [0.3, 0.4) is 0 Å². The Morgan fingerprint density at radius 3 is 2.18 bits per heavy atom. The van der Waals surface area contributed by atoms with Gasteiger partial charge in [0.1, 0.15) is 0 Å². The molecular weight excluding hydrogens is 593 g/mol. The first-order valence-corrected chi connectivity index (χ1v) is 10.8. The first kappa shape index (κ1) is 20.0. The van der Waals surface area contributed by atoms with Gasteiger partial charge in [0, 0.05) is 33.9 Å². The summed E-state index contributed by atoms with van der Waals surface area (Å²) in [6.45, 7) is 4.50. The summed E-state index contributed by atoms with van der Waals surface area (Å²) in [5, 5.41) is 0. The van der Waals surface area contributed by atoms with E-state index in [0.29, 0.717) is 23.8 Å². The summed E-state index contributed by atoms with van der Waals surface area (Å²) in [7, 11) is 0. The van der Waals surface area contributed by atoms with E-state index in [-0.39, 0.29) is 25.5 Å². The summed E-state index contributed by atoms with van der Waals surface area (Å²) >= 11 is 0. The van der Waals surface area contributed by atoms with E-state index in [4.69, 9.17) is 4.11 Å². The van der Waals surface area contributed by atoms with Crippen LogP contribution in [-0.2, 0) is 25.5 Å². The van der Waals surface area contributed by atoms with E-state index in [0.717, 1.165) is 16.8 Å². The molecular formula is C31H24IrN2-2. The fourth-order valence-electron chi connectivity index (χ4n) is 4.41. The van der Waals surface area contributed by atoms with Gasteiger partial charge in [-0.2, -0.15) is 0 Å². The van der Waals surface area contributed by atoms with Crippen LogP contribution in [0.15, 0.2) is 109 Å². The van der Waals surface area contributed by atoms with Crippen LogP contribution >= 0.6 is 0 Å². The summed E-state index contributed by atoms with van der Waals surface area (Å²) in [6, 6.07) is 32.1. The summed E-state index contributed by atoms with van der Waals surface area (Å²) in [4.78, 5) is 8.58. The fraction of sp³-hybridized carbons (Fsp3) is 0.0968. The molecule has 34 heavy (non-hydrogen) atoms. The summed E-state index contributed by atoms with van der Waals surface area (Å²) in [5.41, 5.74) is 8.34. The van der Waals surface area contributed by atoms with E-state index >= 15 is 0 Å². The second kappa shape index (κ2) is 10.3. The molecule has 3 aromatic carbocycles. The van der Waals surface area contributed by atoms with Crippen molar-refractivity contribution in [2.24, 2.45) is 0 Å².